The number of rotatable bonds is 5. The predicted octanol–water partition coefficient (Wildman–Crippen LogP) is 4.81. The lowest BCUT2D eigenvalue weighted by Crippen LogP contribution is -2.60. The van der Waals surface area contributed by atoms with Gasteiger partial charge in [0.2, 0.25) is 0 Å². The Morgan fingerprint density at radius 3 is 2.59 bits per heavy atom. The Kier molecular flexibility index (Phi) is 7.29. The number of amides is 1. The summed E-state index contributed by atoms with van der Waals surface area (Å²) < 4.78 is 11.6. The van der Waals surface area contributed by atoms with Crippen LogP contribution in [0, 0.1) is 6.92 Å². The smallest absolute Gasteiger partial charge is 0.272 e. The zero-order chi connectivity index (χ0) is 25.5. The molecule has 2 unspecified atom stereocenters. The van der Waals surface area contributed by atoms with Crippen LogP contribution in [0.5, 0.6) is 0 Å². The maximum atomic E-state index is 13.7. The van der Waals surface area contributed by atoms with Gasteiger partial charge in [0.25, 0.3) is 5.91 Å². The summed E-state index contributed by atoms with van der Waals surface area (Å²) in [4.78, 5) is 27.9. The minimum atomic E-state index is -0.0108. The Bertz CT molecular complexity index is 1170. The Morgan fingerprint density at radius 1 is 1.03 bits per heavy atom. The number of piperidine rings is 1. The second kappa shape index (κ2) is 10.7. The number of nitrogens with one attached hydrogen (secondary N) is 1. The Hall–Kier alpha value is -1.97. The van der Waals surface area contributed by atoms with Crippen LogP contribution >= 0.6 is 23.2 Å². The van der Waals surface area contributed by atoms with Crippen LogP contribution in [0.4, 0.5) is 11.5 Å². The van der Waals surface area contributed by atoms with Crippen molar-refractivity contribution >= 4 is 40.6 Å². The van der Waals surface area contributed by atoms with Gasteiger partial charge in [-0.1, -0.05) is 23.2 Å². The molecule has 37 heavy (non-hydrogen) atoms. The van der Waals surface area contributed by atoms with Gasteiger partial charge in [-0.2, -0.15) is 0 Å². The van der Waals surface area contributed by atoms with Gasteiger partial charge < -0.3 is 19.7 Å². The molecule has 4 aliphatic rings. The highest BCUT2D eigenvalue weighted by atomic mass is 35.5. The van der Waals surface area contributed by atoms with Gasteiger partial charge >= 0.3 is 0 Å². The van der Waals surface area contributed by atoms with Gasteiger partial charge in [-0.15, -0.1) is 0 Å². The largest absolute Gasteiger partial charge is 0.379 e. The number of carbonyl (C=O) groups is 1. The maximum Gasteiger partial charge on any atom is 0.272 e. The number of benzene rings is 1. The number of hydrogen-bond donors (Lipinski definition) is 1. The summed E-state index contributed by atoms with van der Waals surface area (Å²) in [5.41, 5.74) is 2.02. The number of carbonyl (C=O) groups excluding carboxylic acids is 1. The SMILES string of the molecule is Cc1c(Nc2ccc(Cl)c(Cl)c2)nc(C2CC2)nc1C(=O)N1CCC(N2CCOC3COCCC32)CC1. The second-order valence-electron chi connectivity index (χ2n) is 10.5. The number of aromatic nitrogens is 2. The van der Waals surface area contributed by atoms with E-state index in [0.29, 0.717) is 46.2 Å². The molecule has 3 aliphatic heterocycles. The van der Waals surface area contributed by atoms with E-state index in [4.69, 9.17) is 42.6 Å². The summed E-state index contributed by atoms with van der Waals surface area (Å²) in [6, 6.07) is 6.27. The van der Waals surface area contributed by atoms with Crippen molar-refractivity contribution in [3.63, 3.8) is 0 Å². The summed E-state index contributed by atoms with van der Waals surface area (Å²) in [6.45, 7) is 6.57. The molecule has 2 atom stereocenters. The van der Waals surface area contributed by atoms with E-state index in [-0.39, 0.29) is 12.0 Å². The number of hydrogen-bond acceptors (Lipinski definition) is 7. The number of nitrogens with zero attached hydrogens (tertiary/aromatic N) is 4. The summed E-state index contributed by atoms with van der Waals surface area (Å²) >= 11 is 12.3. The number of fused-ring (bicyclic) bond motifs is 1. The van der Waals surface area contributed by atoms with Crippen LogP contribution in [-0.4, -0.2) is 83.3 Å². The third kappa shape index (κ3) is 5.32. The molecule has 10 heteroatoms. The minimum Gasteiger partial charge on any atom is -0.379 e. The molecule has 8 nitrogen and oxygen atoms in total. The average molecular weight is 546 g/mol. The normalized spacial score (nSPS) is 25.1. The number of likely N-dealkylation sites (tertiary alicyclic amines) is 1. The molecule has 6 rings (SSSR count). The highest BCUT2D eigenvalue weighted by Crippen LogP contribution is 2.39. The zero-order valence-electron chi connectivity index (χ0n) is 21.1. The van der Waals surface area contributed by atoms with Gasteiger partial charge in [0.15, 0.2) is 0 Å². The molecule has 1 amide bonds. The highest BCUT2D eigenvalue weighted by Gasteiger charge is 2.40. The lowest BCUT2D eigenvalue weighted by Gasteiger charge is -2.49. The van der Waals surface area contributed by atoms with Crippen molar-refractivity contribution in [3.8, 4) is 0 Å². The first-order valence-electron chi connectivity index (χ1n) is 13.3. The quantitative estimate of drug-likeness (QED) is 0.577. The van der Waals surface area contributed by atoms with Crippen LogP contribution in [-0.2, 0) is 9.47 Å². The van der Waals surface area contributed by atoms with Gasteiger partial charge in [0, 0.05) is 55.5 Å². The van der Waals surface area contributed by atoms with Gasteiger partial charge in [0.1, 0.15) is 17.3 Å². The predicted molar refractivity (Wildman–Crippen MR) is 143 cm³/mol. The lowest BCUT2D eigenvalue weighted by molar-refractivity contribution is -0.148. The van der Waals surface area contributed by atoms with Gasteiger partial charge in [-0.25, -0.2) is 9.97 Å². The fourth-order valence-electron chi connectivity index (χ4n) is 5.82. The van der Waals surface area contributed by atoms with E-state index in [0.717, 1.165) is 82.0 Å². The van der Waals surface area contributed by atoms with Gasteiger partial charge in [-0.05, 0) is 57.2 Å². The van der Waals surface area contributed by atoms with Crippen LogP contribution in [0.25, 0.3) is 0 Å². The lowest BCUT2D eigenvalue weighted by atomic mass is 9.95. The highest BCUT2D eigenvalue weighted by molar-refractivity contribution is 6.42. The van der Waals surface area contributed by atoms with E-state index in [1.165, 1.54) is 0 Å². The van der Waals surface area contributed by atoms with E-state index < -0.39 is 0 Å². The molecule has 1 N–H and O–H groups in total. The number of anilines is 2. The maximum absolute atomic E-state index is 13.7. The summed E-state index contributed by atoms with van der Waals surface area (Å²) in [5.74, 6) is 1.70. The molecule has 198 valence electrons. The molecule has 1 aromatic heterocycles. The van der Waals surface area contributed by atoms with E-state index in [9.17, 15) is 4.79 Å². The van der Waals surface area contributed by atoms with Crippen LogP contribution in [0.3, 0.4) is 0 Å². The van der Waals surface area contributed by atoms with Crippen LogP contribution in [0.15, 0.2) is 18.2 Å². The Labute approximate surface area is 227 Å². The molecule has 1 aliphatic carbocycles. The summed E-state index contributed by atoms with van der Waals surface area (Å²) in [6.07, 6.45) is 5.23. The number of halogens is 2. The fraction of sp³-hybridized carbons (Fsp3) is 0.593. The number of ether oxygens (including phenoxy) is 2. The Balaban J connectivity index is 1.18. The molecule has 3 saturated heterocycles. The first-order valence-corrected chi connectivity index (χ1v) is 14.1. The average Bonchev–Trinajstić information content (AvgIpc) is 3.77. The molecular formula is C27H33Cl2N5O3. The van der Waals surface area contributed by atoms with Gasteiger partial charge in [-0.3, -0.25) is 9.69 Å². The molecule has 0 bridgehead atoms. The standard InChI is InChI=1S/C27H33Cl2N5O3/c1-16-24(31-26(17-2-3-17)32-25(16)30-18-4-5-20(28)21(29)14-18)27(35)33-9-6-19(7-10-33)34-11-13-37-23-15-36-12-8-22(23)34/h4-5,14,17,19,22-23H,2-3,6-13,15H2,1H3,(H,30,31,32). The topological polar surface area (TPSA) is 79.8 Å². The van der Waals surface area contributed by atoms with Crippen LogP contribution < -0.4 is 5.32 Å². The molecule has 1 saturated carbocycles. The monoisotopic (exact) mass is 545 g/mol. The van der Waals surface area contributed by atoms with Crippen molar-refractivity contribution in [3.05, 3.63) is 45.3 Å². The Morgan fingerprint density at radius 2 is 1.84 bits per heavy atom. The fourth-order valence-corrected chi connectivity index (χ4v) is 6.11. The van der Waals surface area contributed by atoms with Crippen molar-refractivity contribution in [2.75, 3.05) is 44.8 Å². The first-order chi connectivity index (χ1) is 18.0. The summed E-state index contributed by atoms with van der Waals surface area (Å²) in [7, 11) is 0. The third-order valence-corrected chi connectivity index (χ3v) is 8.83. The molecule has 4 fully saturated rings. The van der Waals surface area contributed by atoms with E-state index in [2.05, 4.69) is 10.2 Å². The van der Waals surface area contributed by atoms with Gasteiger partial charge in [0.05, 0.1) is 29.4 Å². The molecule has 0 radical (unpaired) electrons. The van der Waals surface area contributed by atoms with Crippen molar-refractivity contribution in [2.45, 2.75) is 63.1 Å². The molecule has 2 aromatic rings. The van der Waals surface area contributed by atoms with E-state index in [1.807, 2.05) is 17.9 Å². The molecule has 1 aromatic carbocycles. The minimum absolute atomic E-state index is 0.0108. The van der Waals surface area contributed by atoms with E-state index in [1.54, 1.807) is 12.1 Å². The molecule has 0 spiro atoms. The third-order valence-electron chi connectivity index (χ3n) is 8.09. The number of morpholine rings is 1. The second-order valence-corrected chi connectivity index (χ2v) is 11.3. The van der Waals surface area contributed by atoms with Crippen LogP contribution in [0.2, 0.25) is 10.0 Å². The summed E-state index contributed by atoms with van der Waals surface area (Å²) in [5, 5.41) is 4.30. The van der Waals surface area contributed by atoms with Crippen molar-refractivity contribution in [1.29, 1.82) is 0 Å². The molecule has 4 heterocycles. The van der Waals surface area contributed by atoms with Crippen molar-refractivity contribution < 1.29 is 14.3 Å². The van der Waals surface area contributed by atoms with Crippen molar-refractivity contribution in [1.82, 2.24) is 19.8 Å². The zero-order valence-corrected chi connectivity index (χ0v) is 22.6. The van der Waals surface area contributed by atoms with E-state index >= 15 is 0 Å². The van der Waals surface area contributed by atoms with Crippen LogP contribution in [0.1, 0.15) is 59.9 Å². The van der Waals surface area contributed by atoms with Crippen molar-refractivity contribution in [2.24, 2.45) is 0 Å². The molecular weight excluding hydrogens is 513 g/mol. The first kappa shape index (κ1) is 25.3.